The normalized spacial score (nSPS) is 14.3. The van der Waals surface area contributed by atoms with Crippen molar-refractivity contribution in [1.82, 2.24) is 24.8 Å². The lowest BCUT2D eigenvalue weighted by atomic mass is 9.89. The standard InChI is InChI=1S/C25H28N6O5/c1-18-3-6-21(25(33)27-11-2-13-29-16-12-26-17-29)24(28-18)19-9-14-30(15-10-19)22(32)7-4-20-5-8-23(36-20)31(34)35/h3-8,12,16-17,19H,2,9-11,13-15H2,1H3,(H,27,33). The lowest BCUT2D eigenvalue weighted by Crippen LogP contribution is -2.37. The van der Waals surface area contributed by atoms with Crippen LogP contribution in [0.1, 0.15) is 52.7 Å². The summed E-state index contributed by atoms with van der Waals surface area (Å²) in [5, 5.41) is 13.7. The molecule has 0 spiro atoms. The van der Waals surface area contributed by atoms with E-state index in [1.807, 2.05) is 29.8 Å². The second kappa shape index (κ2) is 11.4. The van der Waals surface area contributed by atoms with Gasteiger partial charge < -0.3 is 19.2 Å². The highest BCUT2D eigenvalue weighted by Gasteiger charge is 2.27. The summed E-state index contributed by atoms with van der Waals surface area (Å²) in [6, 6.07) is 6.36. The molecule has 0 atom stereocenters. The first-order valence-electron chi connectivity index (χ1n) is 11.8. The van der Waals surface area contributed by atoms with Crippen LogP contribution in [0.25, 0.3) is 6.08 Å². The average Bonchev–Trinajstić information content (AvgIpc) is 3.57. The largest absolute Gasteiger partial charge is 0.433 e. The van der Waals surface area contributed by atoms with E-state index in [0.717, 1.165) is 24.4 Å². The number of carbonyl (C=O) groups excluding carboxylic acids is 2. The van der Waals surface area contributed by atoms with Gasteiger partial charge in [-0.15, -0.1) is 0 Å². The number of nitro groups is 1. The van der Waals surface area contributed by atoms with Crippen molar-refractivity contribution in [3.63, 3.8) is 0 Å². The Morgan fingerprint density at radius 2 is 2.06 bits per heavy atom. The van der Waals surface area contributed by atoms with Crippen molar-refractivity contribution in [3.8, 4) is 0 Å². The SMILES string of the molecule is Cc1ccc(C(=O)NCCCn2ccnc2)c(C2CCN(C(=O)C=Cc3ccc([N+](=O)[O-])o3)CC2)n1. The lowest BCUT2D eigenvalue weighted by molar-refractivity contribution is -0.402. The lowest BCUT2D eigenvalue weighted by Gasteiger charge is -2.31. The van der Waals surface area contributed by atoms with Gasteiger partial charge in [-0.05, 0) is 50.5 Å². The minimum Gasteiger partial charge on any atom is -0.401 e. The highest BCUT2D eigenvalue weighted by atomic mass is 16.6. The number of pyridine rings is 1. The number of nitrogens with zero attached hydrogens (tertiary/aromatic N) is 5. The molecule has 0 aliphatic carbocycles. The fourth-order valence-corrected chi connectivity index (χ4v) is 4.22. The monoisotopic (exact) mass is 492 g/mol. The van der Waals surface area contributed by atoms with Crippen LogP contribution in [0.4, 0.5) is 5.88 Å². The number of nitrogens with one attached hydrogen (secondary N) is 1. The molecule has 0 aromatic carbocycles. The number of amides is 2. The number of rotatable bonds is 9. The average molecular weight is 493 g/mol. The van der Waals surface area contributed by atoms with Crippen molar-refractivity contribution in [2.45, 2.75) is 38.6 Å². The van der Waals surface area contributed by atoms with Crippen molar-refractivity contribution in [2.75, 3.05) is 19.6 Å². The Hall–Kier alpha value is -4.28. The van der Waals surface area contributed by atoms with E-state index in [1.54, 1.807) is 17.4 Å². The molecule has 1 saturated heterocycles. The van der Waals surface area contributed by atoms with Gasteiger partial charge >= 0.3 is 5.88 Å². The number of hydrogen-bond donors (Lipinski definition) is 1. The molecular formula is C25H28N6O5. The van der Waals surface area contributed by atoms with E-state index in [1.165, 1.54) is 24.3 Å². The molecule has 2 amide bonds. The molecule has 3 aromatic heterocycles. The van der Waals surface area contributed by atoms with E-state index in [4.69, 9.17) is 9.40 Å². The third kappa shape index (κ3) is 6.23. The zero-order chi connectivity index (χ0) is 25.5. The first kappa shape index (κ1) is 24.8. The fourth-order valence-electron chi connectivity index (χ4n) is 4.22. The minimum absolute atomic E-state index is 0.0670. The molecule has 11 nitrogen and oxygen atoms in total. The van der Waals surface area contributed by atoms with Gasteiger partial charge in [0.15, 0.2) is 0 Å². The zero-order valence-corrected chi connectivity index (χ0v) is 20.0. The number of imidazole rings is 1. The Morgan fingerprint density at radius 1 is 1.25 bits per heavy atom. The van der Waals surface area contributed by atoms with Crippen LogP contribution in [0, 0.1) is 17.0 Å². The van der Waals surface area contributed by atoms with Gasteiger partial charge in [0.05, 0.1) is 23.7 Å². The van der Waals surface area contributed by atoms with E-state index in [-0.39, 0.29) is 29.4 Å². The van der Waals surface area contributed by atoms with Crippen LogP contribution in [0.15, 0.2) is 53.5 Å². The number of furan rings is 1. The zero-order valence-electron chi connectivity index (χ0n) is 20.0. The van der Waals surface area contributed by atoms with Crippen LogP contribution in [-0.4, -0.2) is 55.8 Å². The molecule has 4 rings (SSSR count). The molecule has 0 bridgehead atoms. The molecule has 1 N–H and O–H groups in total. The predicted octanol–water partition coefficient (Wildman–Crippen LogP) is 3.33. The summed E-state index contributed by atoms with van der Waals surface area (Å²) >= 11 is 0. The summed E-state index contributed by atoms with van der Waals surface area (Å²) in [5.41, 5.74) is 2.19. The number of likely N-dealkylation sites (tertiary alicyclic amines) is 1. The quantitative estimate of drug-likeness (QED) is 0.209. The second-order valence-electron chi connectivity index (χ2n) is 8.66. The van der Waals surface area contributed by atoms with Gasteiger partial charge in [-0.25, -0.2) is 4.98 Å². The Labute approximate surface area is 208 Å². The number of carbonyl (C=O) groups is 2. The molecule has 11 heteroatoms. The van der Waals surface area contributed by atoms with Crippen molar-refractivity contribution in [2.24, 2.45) is 0 Å². The molecular weight excluding hydrogens is 464 g/mol. The van der Waals surface area contributed by atoms with Crippen molar-refractivity contribution < 1.29 is 18.9 Å². The van der Waals surface area contributed by atoms with E-state index in [9.17, 15) is 19.7 Å². The molecule has 0 unspecified atom stereocenters. The van der Waals surface area contributed by atoms with Crippen molar-refractivity contribution in [1.29, 1.82) is 0 Å². The highest BCUT2D eigenvalue weighted by molar-refractivity contribution is 5.95. The summed E-state index contributed by atoms with van der Waals surface area (Å²) < 4.78 is 7.02. The third-order valence-electron chi connectivity index (χ3n) is 6.12. The van der Waals surface area contributed by atoms with E-state index in [2.05, 4.69) is 10.3 Å². The molecule has 4 heterocycles. The maximum Gasteiger partial charge on any atom is 0.433 e. The second-order valence-corrected chi connectivity index (χ2v) is 8.66. The van der Waals surface area contributed by atoms with E-state index in [0.29, 0.717) is 38.0 Å². The van der Waals surface area contributed by atoms with Gasteiger partial charge in [0.1, 0.15) is 10.7 Å². The van der Waals surface area contributed by atoms with Gasteiger partial charge in [-0.2, -0.15) is 0 Å². The third-order valence-corrected chi connectivity index (χ3v) is 6.12. The molecule has 36 heavy (non-hydrogen) atoms. The van der Waals surface area contributed by atoms with Gasteiger partial charge in [0, 0.05) is 56.3 Å². The van der Waals surface area contributed by atoms with Crippen LogP contribution in [0.2, 0.25) is 0 Å². The number of aromatic nitrogens is 3. The number of aryl methyl sites for hydroxylation is 2. The van der Waals surface area contributed by atoms with Crippen LogP contribution in [0.3, 0.4) is 0 Å². The van der Waals surface area contributed by atoms with Gasteiger partial charge in [0.25, 0.3) is 5.91 Å². The Kier molecular flexibility index (Phi) is 7.89. The molecule has 0 radical (unpaired) electrons. The Morgan fingerprint density at radius 3 is 2.75 bits per heavy atom. The van der Waals surface area contributed by atoms with Gasteiger partial charge in [-0.1, -0.05) is 0 Å². The highest BCUT2D eigenvalue weighted by Crippen LogP contribution is 2.29. The predicted molar refractivity (Wildman–Crippen MR) is 131 cm³/mol. The van der Waals surface area contributed by atoms with Gasteiger partial charge in [-0.3, -0.25) is 24.7 Å². The molecule has 0 saturated carbocycles. The van der Waals surface area contributed by atoms with Crippen molar-refractivity contribution >= 4 is 23.8 Å². The van der Waals surface area contributed by atoms with Crippen LogP contribution >= 0.6 is 0 Å². The van der Waals surface area contributed by atoms with E-state index < -0.39 is 4.92 Å². The van der Waals surface area contributed by atoms with Gasteiger partial charge in [0.2, 0.25) is 5.91 Å². The summed E-state index contributed by atoms with van der Waals surface area (Å²) in [6.07, 6.45) is 10.3. The summed E-state index contributed by atoms with van der Waals surface area (Å²) in [5.74, 6) is -0.392. The Bertz CT molecular complexity index is 1240. The Balaban J connectivity index is 1.32. The van der Waals surface area contributed by atoms with Crippen LogP contribution in [0.5, 0.6) is 0 Å². The maximum absolute atomic E-state index is 12.9. The molecule has 188 valence electrons. The molecule has 1 aliphatic rings. The topological polar surface area (TPSA) is 136 Å². The first-order chi connectivity index (χ1) is 17.4. The molecule has 3 aromatic rings. The van der Waals surface area contributed by atoms with Crippen molar-refractivity contribution in [3.05, 3.63) is 81.9 Å². The molecule has 1 fully saturated rings. The van der Waals surface area contributed by atoms with Crippen LogP contribution in [-0.2, 0) is 11.3 Å². The smallest absolute Gasteiger partial charge is 0.401 e. The number of hydrogen-bond acceptors (Lipinski definition) is 7. The maximum atomic E-state index is 12.9. The minimum atomic E-state index is -0.626. The fraction of sp³-hybridized carbons (Fsp3) is 0.360. The first-order valence-corrected chi connectivity index (χ1v) is 11.8. The summed E-state index contributed by atoms with van der Waals surface area (Å²) in [7, 11) is 0. The van der Waals surface area contributed by atoms with Crippen LogP contribution < -0.4 is 5.32 Å². The van der Waals surface area contributed by atoms with E-state index >= 15 is 0 Å². The summed E-state index contributed by atoms with van der Waals surface area (Å²) in [4.78, 5) is 46.0. The molecule has 1 aliphatic heterocycles. The number of piperidine rings is 1. The summed E-state index contributed by atoms with van der Waals surface area (Å²) in [6.45, 7) is 4.26.